The molecule has 0 saturated carbocycles. The Morgan fingerprint density at radius 3 is 1.05 bits per heavy atom. The molecular weight excluding hydrogens is 746 g/mol. The van der Waals surface area contributed by atoms with Gasteiger partial charge < -0.3 is 0 Å². The maximum atomic E-state index is 3.17. The summed E-state index contributed by atoms with van der Waals surface area (Å²) < 4.78 is 4.36. The molecular formula is C12H14Br4I2N2. The van der Waals surface area contributed by atoms with Crippen LogP contribution in [0.1, 0.15) is 0 Å². The molecule has 0 aliphatic rings. The summed E-state index contributed by atoms with van der Waals surface area (Å²) >= 11 is 13.1. The Bertz CT molecular complexity index is 379. The van der Waals surface area contributed by atoms with Crippen molar-refractivity contribution in [3.05, 3.63) is 61.2 Å². The van der Waals surface area contributed by atoms with Crippen LogP contribution in [0.2, 0.25) is 0 Å². The van der Waals surface area contributed by atoms with Crippen molar-refractivity contribution < 1.29 is 42.6 Å². The Balaban J connectivity index is 0.000000520. The second kappa shape index (κ2) is 17.0. The molecule has 20 heavy (non-hydrogen) atoms. The van der Waals surface area contributed by atoms with Gasteiger partial charge in [0.25, 0.3) is 0 Å². The van der Waals surface area contributed by atoms with E-state index in [2.05, 4.69) is 109 Å². The van der Waals surface area contributed by atoms with Crippen molar-refractivity contribution in [3.8, 4) is 0 Å². The van der Waals surface area contributed by atoms with E-state index in [0.29, 0.717) is 0 Å². The van der Waals surface area contributed by atoms with Crippen molar-refractivity contribution >= 4 is 50.8 Å². The number of aryl methyl sites for hydroxylation is 2. The first kappa shape index (κ1) is 21.7. The van der Waals surface area contributed by atoms with Gasteiger partial charge in [0.1, 0.15) is 0 Å². The van der Waals surface area contributed by atoms with E-state index in [9.17, 15) is 0 Å². The van der Waals surface area contributed by atoms with Crippen LogP contribution >= 0.6 is 50.8 Å². The summed E-state index contributed by atoms with van der Waals surface area (Å²) in [6.45, 7) is 2.02. The molecule has 0 aliphatic carbocycles. The Kier molecular flexibility index (Phi) is 18.5. The van der Waals surface area contributed by atoms with Crippen molar-refractivity contribution in [1.82, 2.24) is 0 Å². The Labute approximate surface area is 165 Å². The summed E-state index contributed by atoms with van der Waals surface area (Å²) in [5.74, 6) is 0. The summed E-state index contributed by atoms with van der Waals surface area (Å²) in [5, 5.41) is 0. The average Bonchev–Trinajstić information content (AvgIpc) is 2.49. The van der Waals surface area contributed by atoms with Crippen LogP contribution in [0.15, 0.2) is 61.2 Å². The number of aromatic nitrogens is 2. The molecule has 2 aromatic rings. The molecule has 2 rings (SSSR count). The summed E-state index contributed by atoms with van der Waals surface area (Å²) in [7, 11) is 0. The first-order chi connectivity index (χ1) is 9.78. The largest absolute Gasteiger partial charge is 0.206 e. The zero-order valence-electron chi connectivity index (χ0n) is 10.3. The van der Waals surface area contributed by atoms with E-state index in [1.807, 2.05) is 12.1 Å². The van der Waals surface area contributed by atoms with Crippen molar-refractivity contribution in [2.75, 3.05) is 0 Å². The SMILES string of the molecule is Br[I-]Br.Br[I-]Br.c1cc[n+](CC[n+]2ccccc2)cc1. The Morgan fingerprint density at radius 1 is 0.550 bits per heavy atom. The molecule has 0 radical (unpaired) electrons. The smallest absolute Gasteiger partial charge is 0.198 e. The molecule has 2 aromatic heterocycles. The molecule has 2 heterocycles. The van der Waals surface area contributed by atoms with E-state index >= 15 is 0 Å². The van der Waals surface area contributed by atoms with E-state index in [4.69, 9.17) is 0 Å². The quantitative estimate of drug-likeness (QED) is 0.262. The van der Waals surface area contributed by atoms with Gasteiger partial charge in [-0.15, -0.1) is 0 Å². The van der Waals surface area contributed by atoms with Gasteiger partial charge in [0.2, 0.25) is 13.1 Å². The van der Waals surface area contributed by atoms with Crippen LogP contribution in [0.3, 0.4) is 0 Å². The predicted molar refractivity (Wildman–Crippen MR) is 89.0 cm³/mol. The minimum Gasteiger partial charge on any atom is -0.198 e. The first-order valence-corrected chi connectivity index (χ1v) is 24.8. The number of nitrogens with zero attached hydrogens (tertiary/aromatic N) is 2. The number of hydrogen-bond donors (Lipinski definition) is 0. The van der Waals surface area contributed by atoms with Crippen LogP contribution in [0.25, 0.3) is 0 Å². The van der Waals surface area contributed by atoms with E-state index < -0.39 is 0 Å². The fourth-order valence-corrected chi connectivity index (χ4v) is 1.40. The summed E-state index contributed by atoms with van der Waals surface area (Å²) in [5.41, 5.74) is 0. The molecule has 0 spiro atoms. The van der Waals surface area contributed by atoms with Gasteiger partial charge in [-0.3, -0.25) is 0 Å². The van der Waals surface area contributed by atoms with Gasteiger partial charge in [-0.05, 0) is 0 Å². The number of halogens is 6. The molecule has 0 fully saturated rings. The van der Waals surface area contributed by atoms with E-state index in [1.165, 1.54) is 0 Å². The molecule has 0 atom stereocenters. The second-order valence-corrected chi connectivity index (χ2v) is 22.8. The van der Waals surface area contributed by atoms with E-state index in [-0.39, 0.29) is 33.5 Å². The monoisotopic (exact) mass is 756 g/mol. The van der Waals surface area contributed by atoms with Gasteiger partial charge in [-0.2, -0.15) is 9.13 Å². The Hall–Kier alpha value is 1.68. The minimum atomic E-state index is 0.215. The second-order valence-electron chi connectivity index (χ2n) is 3.33. The van der Waals surface area contributed by atoms with Crippen LogP contribution in [0.4, 0.5) is 0 Å². The zero-order valence-corrected chi connectivity index (χ0v) is 21.0. The van der Waals surface area contributed by atoms with Gasteiger partial charge in [-0.1, -0.05) is 12.1 Å². The Morgan fingerprint density at radius 2 is 0.800 bits per heavy atom. The molecule has 0 aliphatic heterocycles. The number of rotatable bonds is 3. The molecule has 0 N–H and O–H groups in total. The topological polar surface area (TPSA) is 7.76 Å². The predicted octanol–water partition coefficient (Wildman–Crippen LogP) is -1.65. The number of hydrogen-bond acceptors (Lipinski definition) is 0. The summed E-state index contributed by atoms with van der Waals surface area (Å²) in [6.07, 6.45) is 8.35. The van der Waals surface area contributed by atoms with Crippen molar-refractivity contribution in [1.29, 1.82) is 0 Å². The molecule has 2 nitrogen and oxygen atoms in total. The molecule has 0 aromatic carbocycles. The molecule has 0 unspecified atom stereocenters. The van der Waals surface area contributed by atoms with Gasteiger partial charge in [-0.25, -0.2) is 0 Å². The third kappa shape index (κ3) is 13.4. The van der Waals surface area contributed by atoms with Gasteiger partial charge in [0.05, 0.1) is 0 Å². The van der Waals surface area contributed by atoms with E-state index in [0.717, 1.165) is 13.1 Å². The van der Waals surface area contributed by atoms with Crippen LogP contribution in [-0.2, 0) is 13.1 Å². The summed E-state index contributed by atoms with van der Waals surface area (Å²) in [6, 6.07) is 12.3. The third-order valence-electron chi connectivity index (χ3n) is 2.17. The van der Waals surface area contributed by atoms with Gasteiger partial charge in [0.15, 0.2) is 24.8 Å². The maximum absolute atomic E-state index is 3.17. The van der Waals surface area contributed by atoms with Crippen molar-refractivity contribution in [2.24, 2.45) is 0 Å². The van der Waals surface area contributed by atoms with E-state index in [1.54, 1.807) is 0 Å². The van der Waals surface area contributed by atoms with Crippen molar-refractivity contribution in [3.63, 3.8) is 0 Å². The van der Waals surface area contributed by atoms with Gasteiger partial charge in [0, 0.05) is 24.3 Å². The first-order valence-electron chi connectivity index (χ1n) is 5.40. The average molecular weight is 760 g/mol. The van der Waals surface area contributed by atoms with Crippen LogP contribution in [0.5, 0.6) is 0 Å². The fraction of sp³-hybridized carbons (Fsp3) is 0.167. The van der Waals surface area contributed by atoms with Crippen LogP contribution < -0.4 is 42.6 Å². The molecule has 8 heteroatoms. The van der Waals surface area contributed by atoms with Crippen LogP contribution in [0, 0.1) is 0 Å². The molecule has 114 valence electrons. The fourth-order valence-electron chi connectivity index (χ4n) is 1.40. The molecule has 0 amide bonds. The maximum Gasteiger partial charge on any atom is 0.206 e. The standard InChI is InChI=1S/C12H14N2.2Br2I/c1-3-7-13(8-4-1)11-12-14-9-5-2-6-10-14;2*1-3-2/h1-10H,11-12H2;;/q+2;2*-1. The molecule has 0 saturated heterocycles. The third-order valence-corrected chi connectivity index (χ3v) is 2.17. The normalized spacial score (nSPS) is 9.20. The zero-order chi connectivity index (χ0) is 15.1. The minimum absolute atomic E-state index is 0.215. The van der Waals surface area contributed by atoms with Gasteiger partial charge >= 0.3 is 84.3 Å². The number of pyridine rings is 2. The van der Waals surface area contributed by atoms with Crippen LogP contribution in [-0.4, -0.2) is 0 Å². The van der Waals surface area contributed by atoms with Crippen molar-refractivity contribution in [2.45, 2.75) is 13.1 Å². The molecule has 0 bridgehead atoms. The summed E-state index contributed by atoms with van der Waals surface area (Å²) in [4.78, 5) is 0.